The second-order valence-electron chi connectivity index (χ2n) is 5.16. The number of hydrogen-bond donors (Lipinski definition) is 1. The summed E-state index contributed by atoms with van der Waals surface area (Å²) in [5.41, 5.74) is 0.512. The number of amides is 1. The van der Waals surface area contributed by atoms with E-state index in [1.165, 1.54) is 11.8 Å². The number of ketones is 1. The Bertz CT molecular complexity index is 469. The molecular formula is C15H21NO2S. The van der Waals surface area contributed by atoms with E-state index in [0.717, 1.165) is 11.3 Å². The number of rotatable bonds is 6. The zero-order chi connectivity index (χ0) is 14.5. The molecule has 0 aliphatic rings. The van der Waals surface area contributed by atoms with Crippen LogP contribution in [0.5, 0.6) is 0 Å². The Morgan fingerprint density at radius 1 is 1.32 bits per heavy atom. The molecule has 0 saturated heterocycles. The van der Waals surface area contributed by atoms with E-state index in [1.807, 2.05) is 39.0 Å². The van der Waals surface area contributed by atoms with E-state index in [0.29, 0.717) is 11.3 Å². The van der Waals surface area contributed by atoms with Crippen molar-refractivity contribution in [3.05, 3.63) is 29.8 Å². The van der Waals surface area contributed by atoms with Crippen molar-refractivity contribution in [2.24, 2.45) is 0 Å². The Kier molecular flexibility index (Phi) is 5.60. The number of nitrogens with one attached hydrogen (secondary N) is 1. The Morgan fingerprint density at radius 2 is 2.00 bits per heavy atom. The van der Waals surface area contributed by atoms with Gasteiger partial charge in [-0.2, -0.15) is 0 Å². The number of Topliss-reactive ketones (excluding diaryl/α,β-unsaturated/α-hetero) is 1. The first-order valence-corrected chi connectivity index (χ1v) is 7.37. The van der Waals surface area contributed by atoms with Gasteiger partial charge in [0, 0.05) is 16.0 Å². The minimum absolute atomic E-state index is 0.0186. The van der Waals surface area contributed by atoms with Gasteiger partial charge in [-0.3, -0.25) is 9.59 Å². The molecule has 0 atom stereocenters. The summed E-state index contributed by atoms with van der Waals surface area (Å²) in [5, 5.41) is 2.99. The molecule has 0 heterocycles. The lowest BCUT2D eigenvalue weighted by atomic mass is 10.0. The average molecular weight is 279 g/mol. The Hall–Kier alpha value is -1.29. The van der Waals surface area contributed by atoms with Crippen LogP contribution in [0.2, 0.25) is 0 Å². The minimum atomic E-state index is -0.168. The molecule has 0 aliphatic heterocycles. The molecule has 104 valence electrons. The summed E-state index contributed by atoms with van der Waals surface area (Å²) in [6, 6.07) is 7.36. The molecule has 0 fully saturated rings. The molecule has 0 saturated carbocycles. The fourth-order valence-corrected chi connectivity index (χ4v) is 2.21. The maximum absolute atomic E-state index is 11.8. The fourth-order valence-electron chi connectivity index (χ4n) is 1.46. The summed E-state index contributed by atoms with van der Waals surface area (Å²) in [6.07, 6.45) is 0.892. The molecule has 1 N–H and O–H groups in total. The summed E-state index contributed by atoms with van der Waals surface area (Å²) in [6.45, 7) is 7.60. The standard InChI is InChI=1S/C15H21NO2S/c1-5-15(3,4)16-14(18)10-19-13-8-6-7-12(9-13)11(2)17/h6-9H,5,10H2,1-4H3,(H,16,18). The van der Waals surface area contributed by atoms with Gasteiger partial charge < -0.3 is 5.32 Å². The lowest BCUT2D eigenvalue weighted by molar-refractivity contribution is -0.120. The van der Waals surface area contributed by atoms with Crippen molar-refractivity contribution in [2.75, 3.05) is 5.75 Å². The van der Waals surface area contributed by atoms with E-state index >= 15 is 0 Å². The van der Waals surface area contributed by atoms with Crippen molar-refractivity contribution >= 4 is 23.5 Å². The van der Waals surface area contributed by atoms with Crippen LogP contribution in [0.3, 0.4) is 0 Å². The first kappa shape index (κ1) is 15.8. The number of carbonyl (C=O) groups excluding carboxylic acids is 2. The highest BCUT2D eigenvalue weighted by Crippen LogP contribution is 2.19. The van der Waals surface area contributed by atoms with Gasteiger partial charge in [0.05, 0.1) is 5.75 Å². The average Bonchev–Trinajstić information content (AvgIpc) is 2.36. The zero-order valence-corrected chi connectivity index (χ0v) is 12.8. The third-order valence-electron chi connectivity index (χ3n) is 2.97. The van der Waals surface area contributed by atoms with E-state index in [2.05, 4.69) is 5.32 Å². The first-order chi connectivity index (χ1) is 8.84. The summed E-state index contributed by atoms with van der Waals surface area (Å²) >= 11 is 1.45. The highest BCUT2D eigenvalue weighted by molar-refractivity contribution is 8.00. The maximum Gasteiger partial charge on any atom is 0.230 e. The second kappa shape index (κ2) is 6.75. The molecule has 3 nitrogen and oxygen atoms in total. The van der Waals surface area contributed by atoms with E-state index in [4.69, 9.17) is 0 Å². The van der Waals surface area contributed by atoms with E-state index in [-0.39, 0.29) is 17.2 Å². The molecule has 0 radical (unpaired) electrons. The lowest BCUT2D eigenvalue weighted by Gasteiger charge is -2.24. The molecule has 1 rings (SSSR count). The van der Waals surface area contributed by atoms with Crippen molar-refractivity contribution in [3.63, 3.8) is 0 Å². The number of hydrogen-bond acceptors (Lipinski definition) is 3. The Balaban J connectivity index is 2.55. The van der Waals surface area contributed by atoms with E-state index in [9.17, 15) is 9.59 Å². The van der Waals surface area contributed by atoms with Crippen molar-refractivity contribution < 1.29 is 9.59 Å². The molecule has 0 bridgehead atoms. The van der Waals surface area contributed by atoms with E-state index in [1.54, 1.807) is 13.0 Å². The molecule has 0 aromatic heterocycles. The minimum Gasteiger partial charge on any atom is -0.351 e. The first-order valence-electron chi connectivity index (χ1n) is 6.39. The Morgan fingerprint density at radius 3 is 2.58 bits per heavy atom. The summed E-state index contributed by atoms with van der Waals surface area (Å²) in [5.74, 6) is 0.425. The quantitative estimate of drug-likeness (QED) is 0.642. The van der Waals surface area contributed by atoms with Crippen molar-refractivity contribution in [1.82, 2.24) is 5.32 Å². The van der Waals surface area contributed by atoms with E-state index < -0.39 is 0 Å². The normalized spacial score (nSPS) is 11.2. The Labute approximate surface area is 119 Å². The van der Waals surface area contributed by atoms with Gasteiger partial charge in [0.1, 0.15) is 0 Å². The fraction of sp³-hybridized carbons (Fsp3) is 0.467. The topological polar surface area (TPSA) is 46.2 Å². The molecule has 1 aromatic rings. The van der Waals surface area contributed by atoms with Crippen LogP contribution in [0.25, 0.3) is 0 Å². The number of benzene rings is 1. The van der Waals surface area contributed by atoms with Gasteiger partial charge in [-0.15, -0.1) is 11.8 Å². The predicted octanol–water partition coefficient (Wildman–Crippen LogP) is 3.29. The molecule has 0 unspecified atom stereocenters. The predicted molar refractivity (Wildman–Crippen MR) is 79.7 cm³/mol. The lowest BCUT2D eigenvalue weighted by Crippen LogP contribution is -2.43. The monoisotopic (exact) mass is 279 g/mol. The maximum atomic E-state index is 11.8. The van der Waals surface area contributed by atoms with Crippen LogP contribution in [0.4, 0.5) is 0 Å². The highest BCUT2D eigenvalue weighted by atomic mass is 32.2. The second-order valence-corrected chi connectivity index (χ2v) is 6.21. The largest absolute Gasteiger partial charge is 0.351 e. The van der Waals surface area contributed by atoms with Crippen LogP contribution < -0.4 is 5.32 Å². The SMILES string of the molecule is CCC(C)(C)NC(=O)CSc1cccc(C(C)=O)c1. The van der Waals surface area contributed by atoms with Crippen molar-refractivity contribution in [3.8, 4) is 0 Å². The smallest absolute Gasteiger partial charge is 0.230 e. The van der Waals surface area contributed by atoms with Crippen LogP contribution in [0.1, 0.15) is 44.5 Å². The van der Waals surface area contributed by atoms with Crippen LogP contribution in [-0.2, 0) is 4.79 Å². The molecular weight excluding hydrogens is 258 g/mol. The van der Waals surface area contributed by atoms with Gasteiger partial charge in [-0.05, 0) is 39.3 Å². The van der Waals surface area contributed by atoms with Crippen molar-refractivity contribution in [1.29, 1.82) is 0 Å². The molecule has 4 heteroatoms. The van der Waals surface area contributed by atoms with Gasteiger partial charge in [-0.25, -0.2) is 0 Å². The third-order valence-corrected chi connectivity index (χ3v) is 3.97. The van der Waals surface area contributed by atoms with Crippen molar-refractivity contribution in [2.45, 2.75) is 44.6 Å². The molecule has 1 amide bonds. The van der Waals surface area contributed by atoms with Gasteiger partial charge in [0.25, 0.3) is 0 Å². The summed E-state index contributed by atoms with van der Waals surface area (Å²) < 4.78 is 0. The third kappa shape index (κ3) is 5.47. The highest BCUT2D eigenvalue weighted by Gasteiger charge is 2.17. The van der Waals surface area contributed by atoms with Gasteiger partial charge in [0.15, 0.2) is 5.78 Å². The van der Waals surface area contributed by atoms with Gasteiger partial charge in [-0.1, -0.05) is 19.1 Å². The number of carbonyl (C=O) groups is 2. The summed E-state index contributed by atoms with van der Waals surface area (Å²) in [4.78, 5) is 24.0. The zero-order valence-electron chi connectivity index (χ0n) is 11.9. The molecule has 1 aromatic carbocycles. The van der Waals surface area contributed by atoms with Crippen LogP contribution >= 0.6 is 11.8 Å². The number of thioether (sulfide) groups is 1. The molecule has 19 heavy (non-hydrogen) atoms. The van der Waals surface area contributed by atoms with Gasteiger partial charge in [0.2, 0.25) is 5.91 Å². The van der Waals surface area contributed by atoms with Crippen LogP contribution in [0.15, 0.2) is 29.2 Å². The van der Waals surface area contributed by atoms with Crippen LogP contribution in [-0.4, -0.2) is 23.0 Å². The van der Waals surface area contributed by atoms with Gasteiger partial charge >= 0.3 is 0 Å². The van der Waals surface area contributed by atoms with Crippen LogP contribution in [0, 0.1) is 0 Å². The molecule has 0 aliphatic carbocycles. The molecule has 0 spiro atoms. The summed E-state index contributed by atoms with van der Waals surface area (Å²) in [7, 11) is 0.